The number of fused-ring (bicyclic) bond motifs is 3. The maximum Gasteiger partial charge on any atom is 0.503 e. The molecule has 166 valence electrons. The van der Waals surface area contributed by atoms with Gasteiger partial charge in [0.2, 0.25) is 10.0 Å². The zero-order valence-corrected chi connectivity index (χ0v) is 19.6. The molecule has 3 N–H and O–H groups in total. The minimum Gasteiger partial charge on any atom is -0.450 e. The summed E-state index contributed by atoms with van der Waals surface area (Å²) in [5.41, 5.74) is 5.81. The van der Waals surface area contributed by atoms with Crippen molar-refractivity contribution in [2.24, 2.45) is 5.92 Å². The number of hydrogen-bond donors (Lipinski definition) is 3. The standard InChI is InChI=1S/C23H20BrNO2S.CH2O3/c1-14-22(15-5-3-2-4-6-15)23(14)25-28(26,27)19-8-10-21-17(13-19)11-16-12-18(24)7-9-20(16)21;2-1(3)4/h2-10,12-14,22-23,25H,11H2,1H3;(H2,2,3,4)/t14-,22-,23+;/m1./s1. The molecule has 2 aliphatic carbocycles. The van der Waals surface area contributed by atoms with Crippen LogP contribution in [-0.4, -0.2) is 30.8 Å². The van der Waals surface area contributed by atoms with Gasteiger partial charge in [-0.25, -0.2) is 17.9 Å². The lowest BCUT2D eigenvalue weighted by Gasteiger charge is -2.09. The van der Waals surface area contributed by atoms with Crippen LogP contribution in [0.2, 0.25) is 0 Å². The van der Waals surface area contributed by atoms with Gasteiger partial charge in [-0.1, -0.05) is 65.3 Å². The van der Waals surface area contributed by atoms with Crippen molar-refractivity contribution in [3.63, 3.8) is 0 Å². The summed E-state index contributed by atoms with van der Waals surface area (Å²) in [4.78, 5) is 8.91. The van der Waals surface area contributed by atoms with Crippen LogP contribution in [0.1, 0.15) is 29.5 Å². The lowest BCUT2D eigenvalue weighted by atomic mass is 10.1. The Labute approximate surface area is 195 Å². The maximum absolute atomic E-state index is 13.0. The van der Waals surface area contributed by atoms with Crippen LogP contribution in [0.25, 0.3) is 11.1 Å². The fraction of sp³-hybridized carbons (Fsp3) is 0.208. The summed E-state index contributed by atoms with van der Waals surface area (Å²) in [5.74, 6) is 0.542. The van der Waals surface area contributed by atoms with Crippen molar-refractivity contribution >= 4 is 32.1 Å². The predicted octanol–water partition coefficient (Wildman–Crippen LogP) is 5.32. The first-order chi connectivity index (χ1) is 15.2. The summed E-state index contributed by atoms with van der Waals surface area (Å²) >= 11 is 3.51. The van der Waals surface area contributed by atoms with E-state index in [4.69, 9.17) is 15.0 Å². The molecule has 0 aromatic heterocycles. The molecule has 0 aliphatic heterocycles. The van der Waals surface area contributed by atoms with Gasteiger partial charge < -0.3 is 10.2 Å². The van der Waals surface area contributed by atoms with Crippen molar-refractivity contribution in [2.45, 2.75) is 30.2 Å². The summed E-state index contributed by atoms with van der Waals surface area (Å²) in [6.07, 6.45) is -1.07. The number of rotatable bonds is 4. The Balaban J connectivity index is 0.000000567. The number of nitrogens with one attached hydrogen (secondary N) is 1. The zero-order chi connectivity index (χ0) is 23.0. The lowest BCUT2D eigenvalue weighted by molar-refractivity contribution is 0.137. The van der Waals surface area contributed by atoms with Crippen LogP contribution in [0.3, 0.4) is 0 Å². The van der Waals surface area contributed by atoms with Crippen LogP contribution in [0.15, 0.2) is 76.1 Å². The van der Waals surface area contributed by atoms with Gasteiger partial charge in [-0.05, 0) is 64.4 Å². The third kappa shape index (κ3) is 4.57. The summed E-state index contributed by atoms with van der Waals surface area (Å²) in [6.45, 7) is 2.10. The normalized spacial score (nSPS) is 20.5. The molecular formula is C24H22BrNO5S. The molecule has 3 aromatic carbocycles. The minimum atomic E-state index is -3.55. The highest BCUT2D eigenvalue weighted by atomic mass is 79.9. The number of sulfonamides is 1. The molecule has 0 saturated heterocycles. The van der Waals surface area contributed by atoms with Gasteiger partial charge >= 0.3 is 6.16 Å². The number of hydrogen-bond acceptors (Lipinski definition) is 3. The van der Waals surface area contributed by atoms with Crippen LogP contribution in [0.5, 0.6) is 0 Å². The third-order valence-electron chi connectivity index (χ3n) is 5.98. The molecule has 0 amide bonds. The largest absolute Gasteiger partial charge is 0.503 e. The Bertz CT molecular complexity index is 1270. The molecule has 1 saturated carbocycles. The summed E-state index contributed by atoms with van der Waals surface area (Å²) in [7, 11) is -3.55. The molecule has 3 aromatic rings. The topological polar surface area (TPSA) is 104 Å². The Kier molecular flexibility index (Phi) is 6.11. The van der Waals surface area contributed by atoms with Crippen LogP contribution in [0.4, 0.5) is 4.79 Å². The first-order valence-electron chi connectivity index (χ1n) is 10.1. The van der Waals surface area contributed by atoms with Gasteiger partial charge in [-0.15, -0.1) is 0 Å². The van der Waals surface area contributed by atoms with Gasteiger partial charge in [-0.3, -0.25) is 0 Å². The van der Waals surface area contributed by atoms with Gasteiger partial charge in [0.15, 0.2) is 0 Å². The van der Waals surface area contributed by atoms with Crippen molar-refractivity contribution in [1.29, 1.82) is 0 Å². The van der Waals surface area contributed by atoms with Gasteiger partial charge in [0.1, 0.15) is 0 Å². The molecule has 0 bridgehead atoms. The fourth-order valence-corrected chi connectivity index (χ4v) is 6.21. The van der Waals surface area contributed by atoms with Crippen molar-refractivity contribution in [3.8, 4) is 11.1 Å². The number of benzene rings is 3. The SMILES string of the molecule is C[C@H]1[C@H](NS(=O)(=O)c2ccc3c(c2)Cc2cc(Br)ccc2-3)[C@H]1c1ccccc1.O=C(O)O. The molecule has 0 radical (unpaired) electrons. The van der Waals surface area contributed by atoms with E-state index in [2.05, 4.69) is 51.8 Å². The molecule has 32 heavy (non-hydrogen) atoms. The Morgan fingerprint density at radius 3 is 2.22 bits per heavy atom. The average Bonchev–Trinajstić information content (AvgIpc) is 3.20. The van der Waals surface area contributed by atoms with E-state index in [0.29, 0.717) is 10.8 Å². The Morgan fingerprint density at radius 2 is 1.56 bits per heavy atom. The van der Waals surface area contributed by atoms with Crippen molar-refractivity contribution in [3.05, 3.63) is 87.9 Å². The van der Waals surface area contributed by atoms with E-state index in [0.717, 1.165) is 22.0 Å². The lowest BCUT2D eigenvalue weighted by Crippen LogP contribution is -2.27. The molecule has 5 rings (SSSR count). The van der Waals surface area contributed by atoms with Crippen molar-refractivity contribution in [2.75, 3.05) is 0 Å². The summed E-state index contributed by atoms with van der Waals surface area (Å²) in [5, 5.41) is 13.9. The van der Waals surface area contributed by atoms with E-state index in [-0.39, 0.29) is 12.0 Å². The predicted molar refractivity (Wildman–Crippen MR) is 125 cm³/mol. The molecule has 3 atom stereocenters. The van der Waals surface area contributed by atoms with E-state index in [1.54, 1.807) is 6.07 Å². The molecule has 2 aliphatic rings. The molecule has 1 fully saturated rings. The highest BCUT2D eigenvalue weighted by molar-refractivity contribution is 9.10. The van der Waals surface area contributed by atoms with Crippen molar-refractivity contribution < 1.29 is 23.4 Å². The van der Waals surface area contributed by atoms with E-state index in [1.807, 2.05) is 36.4 Å². The zero-order valence-electron chi connectivity index (χ0n) is 17.2. The van der Waals surface area contributed by atoms with E-state index in [1.165, 1.54) is 16.7 Å². The molecule has 0 spiro atoms. The monoisotopic (exact) mass is 515 g/mol. The molecule has 6 nitrogen and oxygen atoms in total. The van der Waals surface area contributed by atoms with Gasteiger partial charge in [0, 0.05) is 16.4 Å². The van der Waals surface area contributed by atoms with Crippen molar-refractivity contribution in [1.82, 2.24) is 4.72 Å². The Hall–Kier alpha value is -2.68. The summed E-state index contributed by atoms with van der Waals surface area (Å²) < 4.78 is 30.0. The second-order valence-electron chi connectivity index (χ2n) is 8.02. The second-order valence-corrected chi connectivity index (χ2v) is 10.7. The number of halogens is 1. The quantitative estimate of drug-likeness (QED) is 0.341. The van der Waals surface area contributed by atoms with E-state index < -0.39 is 16.2 Å². The molecule has 0 heterocycles. The number of carbonyl (C=O) groups is 1. The molecular weight excluding hydrogens is 494 g/mol. The highest BCUT2D eigenvalue weighted by Crippen LogP contribution is 2.48. The minimum absolute atomic E-state index is 0.0474. The molecule has 0 unspecified atom stereocenters. The first kappa shape index (κ1) is 22.5. The van der Waals surface area contributed by atoms with Crippen LogP contribution in [-0.2, 0) is 16.4 Å². The van der Waals surface area contributed by atoms with Crippen LogP contribution >= 0.6 is 15.9 Å². The van der Waals surface area contributed by atoms with Gasteiger partial charge in [0.05, 0.1) is 4.90 Å². The van der Waals surface area contributed by atoms with Gasteiger partial charge in [0.25, 0.3) is 0 Å². The smallest absolute Gasteiger partial charge is 0.450 e. The maximum atomic E-state index is 13.0. The van der Waals surface area contributed by atoms with Crippen LogP contribution in [0, 0.1) is 5.92 Å². The molecule has 8 heteroatoms. The highest BCUT2D eigenvalue weighted by Gasteiger charge is 2.49. The average molecular weight is 516 g/mol. The van der Waals surface area contributed by atoms with Gasteiger partial charge in [-0.2, -0.15) is 0 Å². The fourth-order valence-electron chi connectivity index (χ4n) is 4.40. The van der Waals surface area contributed by atoms with Crippen LogP contribution < -0.4 is 4.72 Å². The summed E-state index contributed by atoms with van der Waals surface area (Å²) in [6, 6.07) is 21.8. The van der Waals surface area contributed by atoms with E-state index >= 15 is 0 Å². The first-order valence-corrected chi connectivity index (χ1v) is 12.4. The number of carboxylic acid groups (broad SMARTS) is 2. The Morgan fingerprint density at radius 1 is 0.969 bits per heavy atom. The van der Waals surface area contributed by atoms with E-state index in [9.17, 15) is 8.42 Å². The third-order valence-corrected chi connectivity index (χ3v) is 7.93. The second kappa shape index (κ2) is 8.69.